The molecule has 0 bridgehead atoms. The number of rotatable bonds is 9. The molecule has 1 heterocycles. The second-order valence-corrected chi connectivity index (χ2v) is 10.2. The minimum absolute atomic E-state index is 0. The third-order valence-corrected chi connectivity index (χ3v) is 8.01. The van der Waals surface area contributed by atoms with Crippen molar-refractivity contribution in [1.82, 2.24) is 4.90 Å². The molecule has 0 aliphatic carbocycles. The van der Waals surface area contributed by atoms with Gasteiger partial charge in [0.1, 0.15) is 6.61 Å². The minimum Gasteiger partial charge on any atom is -0.445 e. The number of hydrogen-bond acceptors (Lipinski definition) is 4. The highest BCUT2D eigenvalue weighted by molar-refractivity contribution is 8.01. The molecule has 0 aromatic heterocycles. The number of amides is 1. The number of benzene rings is 3. The van der Waals surface area contributed by atoms with Gasteiger partial charge in [-0.15, -0.1) is 24.2 Å². The van der Waals surface area contributed by atoms with E-state index in [1.54, 1.807) is 11.0 Å². The molecular formula is C29H32ClN3O2S. The number of nitrogens with two attached hydrogens (primary N) is 1. The van der Waals surface area contributed by atoms with Crippen molar-refractivity contribution in [3.05, 3.63) is 120 Å². The molecule has 0 spiro atoms. The monoisotopic (exact) mass is 521 g/mol. The molecule has 1 aliphatic heterocycles. The van der Waals surface area contributed by atoms with Crippen LogP contribution in [0.15, 0.2) is 104 Å². The summed E-state index contributed by atoms with van der Waals surface area (Å²) in [5, 5.41) is 7.96. The Morgan fingerprint density at radius 1 is 1.00 bits per heavy atom. The first-order valence-electron chi connectivity index (χ1n) is 11.8. The maximum absolute atomic E-state index is 12.9. The summed E-state index contributed by atoms with van der Waals surface area (Å²) >= 11 is 1.85. The van der Waals surface area contributed by atoms with Crippen LogP contribution in [0.25, 0.3) is 0 Å². The summed E-state index contributed by atoms with van der Waals surface area (Å²) in [4.78, 5) is 14.6. The molecule has 0 radical (unpaired) electrons. The highest BCUT2D eigenvalue weighted by Gasteiger charge is 2.44. The van der Waals surface area contributed by atoms with E-state index in [-0.39, 0.29) is 42.2 Å². The number of carbonyl (C=O) groups excluding carboxylic acids is 1. The van der Waals surface area contributed by atoms with Crippen molar-refractivity contribution in [3.8, 4) is 0 Å². The second-order valence-electron chi connectivity index (χ2n) is 8.66. The topological polar surface area (TPSA) is 79.4 Å². The number of nitrogens with one attached hydrogen (secondary N) is 1. The molecule has 2 atom stereocenters. The SMILES string of the molecule is C=CCOC(=O)N1CC(SC(c2ccccc2)(c2ccccc2)c2ccccc2)CC1CC(=N)N.Cl. The maximum Gasteiger partial charge on any atom is 0.410 e. The molecule has 188 valence electrons. The number of hydrogen-bond donors (Lipinski definition) is 2. The van der Waals surface area contributed by atoms with Crippen molar-refractivity contribution in [3.63, 3.8) is 0 Å². The first kappa shape index (κ1) is 27.4. The summed E-state index contributed by atoms with van der Waals surface area (Å²) in [5.74, 6) is 0.0719. The fourth-order valence-electron chi connectivity index (χ4n) is 4.82. The normalized spacial score (nSPS) is 17.2. The highest BCUT2D eigenvalue weighted by atomic mass is 35.5. The van der Waals surface area contributed by atoms with Gasteiger partial charge >= 0.3 is 6.09 Å². The largest absolute Gasteiger partial charge is 0.445 e. The predicted molar refractivity (Wildman–Crippen MR) is 151 cm³/mol. The molecule has 1 amide bonds. The summed E-state index contributed by atoms with van der Waals surface area (Å²) in [6.45, 7) is 4.31. The van der Waals surface area contributed by atoms with Gasteiger partial charge in [-0.3, -0.25) is 5.41 Å². The molecule has 7 heteroatoms. The highest BCUT2D eigenvalue weighted by Crippen LogP contribution is 2.52. The lowest BCUT2D eigenvalue weighted by Gasteiger charge is -2.37. The molecule has 1 saturated heterocycles. The molecule has 3 aromatic rings. The Bertz CT molecular complexity index is 1050. The third kappa shape index (κ3) is 5.94. The molecule has 4 rings (SSSR count). The Labute approximate surface area is 223 Å². The average Bonchev–Trinajstić information content (AvgIpc) is 3.28. The van der Waals surface area contributed by atoms with Crippen molar-refractivity contribution in [2.75, 3.05) is 13.2 Å². The van der Waals surface area contributed by atoms with Crippen LogP contribution in [0.2, 0.25) is 0 Å². The van der Waals surface area contributed by atoms with Crippen LogP contribution in [0.1, 0.15) is 29.5 Å². The predicted octanol–water partition coefficient (Wildman–Crippen LogP) is 6.23. The lowest BCUT2D eigenvalue weighted by Crippen LogP contribution is -2.38. The summed E-state index contributed by atoms with van der Waals surface area (Å²) in [5.41, 5.74) is 9.30. The molecule has 1 fully saturated rings. The van der Waals surface area contributed by atoms with Gasteiger partial charge in [0, 0.05) is 24.3 Å². The van der Waals surface area contributed by atoms with Crippen molar-refractivity contribution >= 4 is 36.1 Å². The summed E-state index contributed by atoms with van der Waals surface area (Å²) in [6.07, 6.45) is 2.23. The molecule has 2 unspecified atom stereocenters. The summed E-state index contributed by atoms with van der Waals surface area (Å²) < 4.78 is 4.89. The van der Waals surface area contributed by atoms with Gasteiger partial charge in [0.25, 0.3) is 0 Å². The molecule has 5 nitrogen and oxygen atoms in total. The Hall–Kier alpha value is -3.22. The van der Waals surface area contributed by atoms with Crippen LogP contribution in [-0.4, -0.2) is 41.3 Å². The fourth-order valence-corrected chi connectivity index (χ4v) is 6.69. The van der Waals surface area contributed by atoms with Crippen LogP contribution < -0.4 is 5.73 Å². The number of likely N-dealkylation sites (tertiary alicyclic amines) is 1. The van der Waals surface area contributed by atoms with Crippen molar-refractivity contribution in [2.24, 2.45) is 5.73 Å². The Kier molecular flexibility index (Phi) is 9.62. The summed E-state index contributed by atoms with van der Waals surface area (Å²) in [6, 6.07) is 31.4. The summed E-state index contributed by atoms with van der Waals surface area (Å²) in [7, 11) is 0. The van der Waals surface area contributed by atoms with Crippen molar-refractivity contribution in [1.29, 1.82) is 5.41 Å². The average molecular weight is 522 g/mol. The molecule has 0 saturated carbocycles. The second kappa shape index (κ2) is 12.7. The number of nitrogens with zero attached hydrogens (tertiary/aromatic N) is 1. The van der Waals surface area contributed by atoms with E-state index >= 15 is 0 Å². The van der Waals surface area contributed by atoms with Crippen molar-refractivity contribution in [2.45, 2.75) is 28.9 Å². The van der Waals surface area contributed by atoms with Crippen LogP contribution in [0.5, 0.6) is 0 Å². The first-order valence-corrected chi connectivity index (χ1v) is 12.6. The van der Waals surface area contributed by atoms with E-state index in [0.29, 0.717) is 13.0 Å². The van der Waals surface area contributed by atoms with E-state index in [1.807, 2.05) is 30.0 Å². The first-order chi connectivity index (χ1) is 17.0. The lowest BCUT2D eigenvalue weighted by atomic mass is 9.84. The number of ether oxygens (including phenoxy) is 1. The zero-order valence-electron chi connectivity index (χ0n) is 20.1. The van der Waals surface area contributed by atoms with Gasteiger partial charge in [-0.05, 0) is 23.1 Å². The molecule has 36 heavy (non-hydrogen) atoms. The van der Waals surface area contributed by atoms with Gasteiger partial charge in [0.2, 0.25) is 0 Å². The van der Waals surface area contributed by atoms with Gasteiger partial charge in [-0.25, -0.2) is 4.79 Å². The van der Waals surface area contributed by atoms with E-state index in [0.717, 1.165) is 6.42 Å². The Balaban J connectivity index is 0.00000361. The molecule has 3 aromatic carbocycles. The van der Waals surface area contributed by atoms with E-state index in [1.165, 1.54) is 16.7 Å². The minimum atomic E-state index is -0.476. The number of carbonyl (C=O) groups is 1. The van der Waals surface area contributed by atoms with Gasteiger partial charge in [0.15, 0.2) is 0 Å². The van der Waals surface area contributed by atoms with Crippen LogP contribution in [0.3, 0.4) is 0 Å². The zero-order chi connectivity index (χ0) is 24.7. The number of thioether (sulfide) groups is 1. The third-order valence-electron chi connectivity index (χ3n) is 6.28. The quantitative estimate of drug-likeness (QED) is 0.151. The van der Waals surface area contributed by atoms with Crippen LogP contribution >= 0.6 is 24.2 Å². The maximum atomic E-state index is 12.9. The van der Waals surface area contributed by atoms with Gasteiger partial charge in [-0.1, -0.05) is 104 Å². The van der Waals surface area contributed by atoms with E-state index in [9.17, 15) is 4.79 Å². The van der Waals surface area contributed by atoms with E-state index in [4.69, 9.17) is 15.9 Å². The van der Waals surface area contributed by atoms with Gasteiger partial charge in [0.05, 0.1) is 10.6 Å². The van der Waals surface area contributed by atoms with Gasteiger partial charge < -0.3 is 15.4 Å². The molecular weight excluding hydrogens is 490 g/mol. The molecule has 1 aliphatic rings. The zero-order valence-corrected chi connectivity index (χ0v) is 21.7. The van der Waals surface area contributed by atoms with E-state index < -0.39 is 4.75 Å². The lowest BCUT2D eigenvalue weighted by molar-refractivity contribution is 0.109. The van der Waals surface area contributed by atoms with E-state index in [2.05, 4.69) is 79.4 Å². The Morgan fingerprint density at radius 2 is 1.47 bits per heavy atom. The molecule has 3 N–H and O–H groups in total. The van der Waals surface area contributed by atoms with Crippen LogP contribution in [0.4, 0.5) is 4.79 Å². The van der Waals surface area contributed by atoms with Crippen LogP contribution in [-0.2, 0) is 9.48 Å². The van der Waals surface area contributed by atoms with Crippen molar-refractivity contribution < 1.29 is 9.53 Å². The van der Waals surface area contributed by atoms with Gasteiger partial charge in [-0.2, -0.15) is 0 Å². The number of halogens is 1. The smallest absolute Gasteiger partial charge is 0.410 e. The standard InChI is InChI=1S/C29H31N3O2S.ClH/c1-2-18-34-28(33)32-21-26(19-25(32)20-27(30)31)35-29(22-12-6-3-7-13-22,23-14-8-4-9-15-23)24-16-10-5-11-17-24;/h2-17,25-26H,1,18-21H2,(H3,30,31);1H. The fraction of sp³-hybridized carbons (Fsp3) is 0.241. The van der Waals surface area contributed by atoms with Crippen LogP contribution in [0, 0.1) is 5.41 Å². The Morgan fingerprint density at radius 3 is 1.89 bits per heavy atom. The number of amidine groups is 1.